The summed E-state index contributed by atoms with van der Waals surface area (Å²) in [7, 11) is 1.51. The third kappa shape index (κ3) is 7.29. The summed E-state index contributed by atoms with van der Waals surface area (Å²) in [5, 5.41) is 5.73. The monoisotopic (exact) mass is 464 g/mol. The predicted octanol–water partition coefficient (Wildman–Crippen LogP) is 4.76. The van der Waals surface area contributed by atoms with Crippen LogP contribution in [0.4, 0.5) is 5.69 Å². The van der Waals surface area contributed by atoms with Crippen molar-refractivity contribution in [3.05, 3.63) is 90.0 Å². The number of para-hydroxylation sites is 1. The Morgan fingerprint density at radius 2 is 1.64 bits per heavy atom. The first-order valence-electron chi connectivity index (χ1n) is 10.6. The van der Waals surface area contributed by atoms with Gasteiger partial charge < -0.3 is 20.1 Å². The number of hydrogen-bond donors (Lipinski definition) is 2. The van der Waals surface area contributed by atoms with E-state index in [1.807, 2.05) is 48.7 Å². The van der Waals surface area contributed by atoms with E-state index in [4.69, 9.17) is 9.47 Å². The topological polar surface area (TPSA) is 76.7 Å². The summed E-state index contributed by atoms with van der Waals surface area (Å²) in [5.74, 6) is 1.28. The van der Waals surface area contributed by atoms with Gasteiger partial charge in [0.15, 0.2) is 0 Å². The molecule has 0 aliphatic rings. The molecule has 2 N–H and O–H groups in total. The van der Waals surface area contributed by atoms with E-state index in [9.17, 15) is 9.59 Å². The highest BCUT2D eigenvalue weighted by Crippen LogP contribution is 2.19. The second-order valence-electron chi connectivity index (χ2n) is 7.30. The second-order valence-corrected chi connectivity index (χ2v) is 8.28. The zero-order valence-electron chi connectivity index (χ0n) is 18.7. The van der Waals surface area contributed by atoms with Gasteiger partial charge in [-0.1, -0.05) is 42.5 Å². The van der Waals surface area contributed by atoms with Crippen molar-refractivity contribution < 1.29 is 19.1 Å². The maximum absolute atomic E-state index is 12.9. The second kappa shape index (κ2) is 12.6. The molecule has 0 aliphatic carbocycles. The van der Waals surface area contributed by atoms with Crippen LogP contribution in [0.15, 0.2) is 78.9 Å². The fourth-order valence-corrected chi connectivity index (χ4v) is 3.65. The smallest absolute Gasteiger partial charge is 0.255 e. The molecule has 0 fully saturated rings. The summed E-state index contributed by atoms with van der Waals surface area (Å²) in [6.45, 7) is 0.471. The lowest BCUT2D eigenvalue weighted by Crippen LogP contribution is -2.44. The SMILES string of the molecule is COc1ccccc1C(=O)NC(CCSC)C(=O)Nc1ccc(OCc2ccccc2)cc1. The quantitative estimate of drug-likeness (QED) is 0.428. The lowest BCUT2D eigenvalue weighted by molar-refractivity contribution is -0.118. The third-order valence-electron chi connectivity index (χ3n) is 4.95. The largest absolute Gasteiger partial charge is 0.496 e. The number of anilines is 1. The maximum Gasteiger partial charge on any atom is 0.255 e. The molecular weight excluding hydrogens is 436 g/mol. The van der Waals surface area contributed by atoms with Gasteiger partial charge in [-0.2, -0.15) is 11.8 Å². The normalized spacial score (nSPS) is 11.3. The van der Waals surface area contributed by atoms with Gasteiger partial charge in [0.2, 0.25) is 5.91 Å². The molecule has 2 amide bonds. The summed E-state index contributed by atoms with van der Waals surface area (Å²) in [6, 6.07) is 23.4. The summed E-state index contributed by atoms with van der Waals surface area (Å²) in [4.78, 5) is 25.7. The average molecular weight is 465 g/mol. The van der Waals surface area contributed by atoms with Crippen molar-refractivity contribution in [1.82, 2.24) is 5.32 Å². The van der Waals surface area contributed by atoms with Crippen molar-refractivity contribution in [2.75, 3.05) is 24.4 Å². The Hall–Kier alpha value is -3.45. The maximum atomic E-state index is 12.9. The molecule has 0 bridgehead atoms. The van der Waals surface area contributed by atoms with E-state index in [-0.39, 0.29) is 11.8 Å². The lowest BCUT2D eigenvalue weighted by atomic mass is 10.1. The van der Waals surface area contributed by atoms with Crippen LogP contribution in [-0.2, 0) is 11.4 Å². The van der Waals surface area contributed by atoms with Gasteiger partial charge in [0.25, 0.3) is 5.91 Å². The van der Waals surface area contributed by atoms with Crippen molar-refractivity contribution >= 4 is 29.3 Å². The van der Waals surface area contributed by atoms with Crippen molar-refractivity contribution in [2.24, 2.45) is 0 Å². The van der Waals surface area contributed by atoms with Gasteiger partial charge in [-0.05, 0) is 60.4 Å². The molecule has 172 valence electrons. The molecule has 0 saturated carbocycles. The Labute approximate surface area is 198 Å². The van der Waals surface area contributed by atoms with Crippen molar-refractivity contribution in [3.8, 4) is 11.5 Å². The van der Waals surface area contributed by atoms with Crippen LogP contribution in [-0.4, -0.2) is 37.0 Å². The van der Waals surface area contributed by atoms with Crippen molar-refractivity contribution in [2.45, 2.75) is 19.1 Å². The van der Waals surface area contributed by atoms with Crippen LogP contribution in [0.5, 0.6) is 11.5 Å². The van der Waals surface area contributed by atoms with Gasteiger partial charge in [-0.25, -0.2) is 0 Å². The third-order valence-corrected chi connectivity index (χ3v) is 5.60. The Kier molecular flexibility index (Phi) is 9.20. The molecule has 3 aromatic rings. The van der Waals surface area contributed by atoms with E-state index in [2.05, 4.69) is 10.6 Å². The molecule has 0 saturated heterocycles. The molecule has 1 atom stereocenters. The first kappa shape index (κ1) is 24.2. The zero-order valence-corrected chi connectivity index (χ0v) is 19.6. The van der Waals surface area contributed by atoms with Crippen LogP contribution >= 0.6 is 11.8 Å². The molecule has 1 unspecified atom stereocenters. The Morgan fingerprint density at radius 3 is 2.33 bits per heavy atom. The van der Waals surface area contributed by atoms with Gasteiger partial charge >= 0.3 is 0 Å². The van der Waals surface area contributed by atoms with Gasteiger partial charge in [0.05, 0.1) is 12.7 Å². The molecule has 0 aliphatic heterocycles. The van der Waals surface area contributed by atoms with E-state index in [0.717, 1.165) is 11.3 Å². The number of thioether (sulfide) groups is 1. The molecule has 6 nitrogen and oxygen atoms in total. The van der Waals surface area contributed by atoms with Crippen LogP contribution in [0.1, 0.15) is 22.3 Å². The fraction of sp³-hybridized carbons (Fsp3) is 0.231. The number of methoxy groups -OCH3 is 1. The van der Waals surface area contributed by atoms with E-state index >= 15 is 0 Å². The highest BCUT2D eigenvalue weighted by atomic mass is 32.2. The number of ether oxygens (including phenoxy) is 2. The van der Waals surface area contributed by atoms with E-state index in [1.54, 1.807) is 48.2 Å². The number of amides is 2. The molecule has 7 heteroatoms. The van der Waals surface area contributed by atoms with Crippen LogP contribution in [0, 0.1) is 0 Å². The number of nitrogens with one attached hydrogen (secondary N) is 2. The zero-order chi connectivity index (χ0) is 23.5. The molecule has 3 rings (SSSR count). The van der Waals surface area contributed by atoms with E-state index in [1.165, 1.54) is 7.11 Å². The van der Waals surface area contributed by atoms with Crippen LogP contribution in [0.3, 0.4) is 0 Å². The predicted molar refractivity (Wildman–Crippen MR) is 133 cm³/mol. The number of benzene rings is 3. The molecule has 0 heterocycles. The van der Waals surface area contributed by atoms with Crippen molar-refractivity contribution in [1.29, 1.82) is 0 Å². The van der Waals surface area contributed by atoms with Crippen LogP contribution in [0.25, 0.3) is 0 Å². The molecule has 0 aromatic heterocycles. The molecule has 3 aromatic carbocycles. The van der Waals surface area contributed by atoms with Crippen LogP contribution in [0.2, 0.25) is 0 Å². The summed E-state index contributed by atoms with van der Waals surface area (Å²) in [6.07, 6.45) is 2.47. The van der Waals surface area contributed by atoms with E-state index in [0.29, 0.717) is 35.8 Å². The molecule has 0 spiro atoms. The summed E-state index contributed by atoms with van der Waals surface area (Å²) in [5.41, 5.74) is 2.10. The van der Waals surface area contributed by atoms with E-state index < -0.39 is 6.04 Å². The van der Waals surface area contributed by atoms with Crippen molar-refractivity contribution in [3.63, 3.8) is 0 Å². The first-order valence-corrected chi connectivity index (χ1v) is 12.0. The number of hydrogen-bond acceptors (Lipinski definition) is 5. The first-order chi connectivity index (χ1) is 16.1. The highest BCUT2D eigenvalue weighted by molar-refractivity contribution is 7.98. The minimum absolute atomic E-state index is 0.273. The standard InChI is InChI=1S/C26H28N2O4S/c1-31-24-11-7-6-10-22(24)25(29)28-23(16-17-33-2)26(30)27-20-12-14-21(15-13-20)32-18-19-8-4-3-5-9-19/h3-15,23H,16-18H2,1-2H3,(H,27,30)(H,28,29). The average Bonchev–Trinajstić information content (AvgIpc) is 2.86. The summed E-state index contributed by atoms with van der Waals surface area (Å²) < 4.78 is 11.1. The molecular formula is C26H28N2O4S. The van der Waals surface area contributed by atoms with Crippen LogP contribution < -0.4 is 20.1 Å². The number of rotatable bonds is 11. The number of carbonyl (C=O) groups is 2. The molecule has 0 radical (unpaired) electrons. The minimum Gasteiger partial charge on any atom is -0.496 e. The minimum atomic E-state index is -0.677. The lowest BCUT2D eigenvalue weighted by Gasteiger charge is -2.19. The van der Waals surface area contributed by atoms with Gasteiger partial charge in [0.1, 0.15) is 24.1 Å². The summed E-state index contributed by atoms with van der Waals surface area (Å²) >= 11 is 1.62. The fourth-order valence-electron chi connectivity index (χ4n) is 3.18. The Balaban J connectivity index is 1.61. The molecule has 33 heavy (non-hydrogen) atoms. The number of carbonyl (C=O) groups excluding carboxylic acids is 2. The Bertz CT molecular complexity index is 1040. The Morgan fingerprint density at radius 1 is 0.939 bits per heavy atom. The van der Waals surface area contributed by atoms with Gasteiger partial charge in [-0.15, -0.1) is 0 Å². The van der Waals surface area contributed by atoms with Gasteiger partial charge in [-0.3, -0.25) is 9.59 Å². The highest BCUT2D eigenvalue weighted by Gasteiger charge is 2.22. The van der Waals surface area contributed by atoms with Gasteiger partial charge in [0, 0.05) is 5.69 Å².